The summed E-state index contributed by atoms with van der Waals surface area (Å²) in [6.07, 6.45) is 2.01. The van der Waals surface area contributed by atoms with E-state index in [0.29, 0.717) is 19.4 Å². The first-order valence-electron chi connectivity index (χ1n) is 12.7. The number of rotatable bonds is 13. The summed E-state index contributed by atoms with van der Waals surface area (Å²) in [7, 11) is 4.08. The molecule has 0 fully saturated rings. The highest BCUT2D eigenvalue weighted by atomic mass is 32.2. The van der Waals surface area contributed by atoms with E-state index in [1.165, 1.54) is 5.56 Å². The molecule has 0 aliphatic heterocycles. The Morgan fingerprint density at radius 1 is 0.811 bits per heavy atom. The normalized spacial score (nSPS) is 11.1. The van der Waals surface area contributed by atoms with E-state index in [9.17, 15) is 4.79 Å². The highest BCUT2D eigenvalue weighted by Crippen LogP contribution is 2.24. The molecule has 0 atom stereocenters. The highest BCUT2D eigenvalue weighted by Gasteiger charge is 2.17. The standard InChI is InChI=1S/C30H35N5OS/c1-33(2)20-21-34(24-26-15-8-4-9-16-26)29(36)19-12-22-37-30-32-31-28(23-25-13-6-3-7-14-25)35(30)27-17-10-5-11-18-27/h3-11,13-18H,12,19-24H2,1-2H3. The molecule has 0 aliphatic carbocycles. The molecule has 4 aromatic rings. The Balaban J connectivity index is 1.39. The van der Waals surface area contributed by atoms with Crippen LogP contribution in [0.2, 0.25) is 0 Å². The smallest absolute Gasteiger partial charge is 0.222 e. The summed E-state index contributed by atoms with van der Waals surface area (Å²) in [6.45, 7) is 2.21. The fourth-order valence-electron chi connectivity index (χ4n) is 4.08. The summed E-state index contributed by atoms with van der Waals surface area (Å²) in [5, 5.41) is 9.91. The summed E-state index contributed by atoms with van der Waals surface area (Å²) in [4.78, 5) is 17.2. The molecule has 1 heterocycles. The Morgan fingerprint density at radius 2 is 1.43 bits per heavy atom. The molecule has 37 heavy (non-hydrogen) atoms. The van der Waals surface area contributed by atoms with Crippen LogP contribution in [0.5, 0.6) is 0 Å². The van der Waals surface area contributed by atoms with Crippen molar-refractivity contribution >= 4 is 17.7 Å². The van der Waals surface area contributed by atoms with Crippen LogP contribution in [-0.4, -0.2) is 63.4 Å². The van der Waals surface area contributed by atoms with E-state index < -0.39 is 0 Å². The fourth-order valence-corrected chi connectivity index (χ4v) is 4.99. The van der Waals surface area contributed by atoms with Gasteiger partial charge in [-0.2, -0.15) is 0 Å². The lowest BCUT2D eigenvalue weighted by Crippen LogP contribution is -2.36. The van der Waals surface area contributed by atoms with Gasteiger partial charge in [-0.15, -0.1) is 10.2 Å². The van der Waals surface area contributed by atoms with E-state index in [1.54, 1.807) is 11.8 Å². The molecular weight excluding hydrogens is 478 g/mol. The Labute approximate surface area is 224 Å². The van der Waals surface area contributed by atoms with Crippen LogP contribution in [0.25, 0.3) is 5.69 Å². The van der Waals surface area contributed by atoms with Gasteiger partial charge in [0.15, 0.2) is 5.16 Å². The Bertz CT molecular complexity index is 1230. The molecule has 0 bridgehead atoms. The second-order valence-corrected chi connectivity index (χ2v) is 10.4. The number of likely N-dealkylation sites (N-methyl/N-ethyl adjacent to an activating group) is 1. The predicted molar refractivity (Wildman–Crippen MR) is 151 cm³/mol. The molecule has 1 aromatic heterocycles. The first kappa shape index (κ1) is 26.6. The molecule has 4 rings (SSSR count). The number of hydrogen-bond acceptors (Lipinski definition) is 5. The Kier molecular flexibility index (Phi) is 9.91. The van der Waals surface area contributed by atoms with E-state index in [2.05, 4.69) is 56.1 Å². The van der Waals surface area contributed by atoms with Gasteiger partial charge in [0, 0.05) is 43.9 Å². The van der Waals surface area contributed by atoms with Gasteiger partial charge in [-0.3, -0.25) is 9.36 Å². The molecule has 7 heteroatoms. The SMILES string of the molecule is CN(C)CCN(Cc1ccccc1)C(=O)CCCSc1nnc(Cc2ccccc2)n1-c1ccccc1. The summed E-state index contributed by atoms with van der Waals surface area (Å²) in [5.41, 5.74) is 3.41. The van der Waals surface area contributed by atoms with Gasteiger partial charge < -0.3 is 9.80 Å². The molecule has 6 nitrogen and oxygen atoms in total. The number of aromatic nitrogens is 3. The minimum atomic E-state index is 0.195. The van der Waals surface area contributed by atoms with Crippen molar-refractivity contribution in [3.8, 4) is 5.69 Å². The number of nitrogens with zero attached hydrogens (tertiary/aromatic N) is 5. The molecule has 192 valence electrons. The molecule has 0 spiro atoms. The van der Waals surface area contributed by atoms with Gasteiger partial charge in [-0.05, 0) is 43.8 Å². The van der Waals surface area contributed by atoms with Crippen molar-refractivity contribution < 1.29 is 4.79 Å². The summed E-state index contributed by atoms with van der Waals surface area (Å²) in [6, 6.07) is 30.8. The van der Waals surface area contributed by atoms with Crippen LogP contribution < -0.4 is 0 Å². The number of hydrogen-bond donors (Lipinski definition) is 0. The summed E-state index contributed by atoms with van der Waals surface area (Å²) < 4.78 is 2.14. The van der Waals surface area contributed by atoms with E-state index in [-0.39, 0.29) is 5.91 Å². The third-order valence-corrected chi connectivity index (χ3v) is 7.09. The van der Waals surface area contributed by atoms with Crippen molar-refractivity contribution in [1.82, 2.24) is 24.6 Å². The van der Waals surface area contributed by atoms with Crippen molar-refractivity contribution in [1.29, 1.82) is 0 Å². The molecule has 1 amide bonds. The lowest BCUT2D eigenvalue weighted by Gasteiger charge is -2.24. The van der Waals surface area contributed by atoms with Gasteiger partial charge in [-0.1, -0.05) is 90.6 Å². The Morgan fingerprint density at radius 3 is 2.08 bits per heavy atom. The van der Waals surface area contributed by atoms with Crippen molar-refractivity contribution in [3.05, 3.63) is 108 Å². The van der Waals surface area contributed by atoms with Crippen molar-refractivity contribution in [2.24, 2.45) is 0 Å². The molecule has 0 aliphatic rings. The zero-order valence-corrected chi connectivity index (χ0v) is 22.5. The maximum absolute atomic E-state index is 13.1. The van der Waals surface area contributed by atoms with Crippen LogP contribution in [-0.2, 0) is 17.8 Å². The highest BCUT2D eigenvalue weighted by molar-refractivity contribution is 7.99. The van der Waals surface area contributed by atoms with Crippen molar-refractivity contribution in [2.45, 2.75) is 31.0 Å². The number of para-hydroxylation sites is 1. The molecule has 0 N–H and O–H groups in total. The van der Waals surface area contributed by atoms with Crippen LogP contribution in [0.1, 0.15) is 29.8 Å². The van der Waals surface area contributed by atoms with E-state index in [0.717, 1.165) is 47.5 Å². The van der Waals surface area contributed by atoms with Gasteiger partial charge in [0.05, 0.1) is 0 Å². The molecule has 3 aromatic carbocycles. The molecule has 0 unspecified atom stereocenters. The van der Waals surface area contributed by atoms with Crippen molar-refractivity contribution in [3.63, 3.8) is 0 Å². The summed E-state index contributed by atoms with van der Waals surface area (Å²) >= 11 is 1.66. The number of thioether (sulfide) groups is 1. The first-order chi connectivity index (χ1) is 18.1. The van der Waals surface area contributed by atoms with Crippen LogP contribution in [0.15, 0.2) is 96.2 Å². The maximum Gasteiger partial charge on any atom is 0.222 e. The third-order valence-electron chi connectivity index (χ3n) is 6.07. The minimum absolute atomic E-state index is 0.195. The molecule has 0 radical (unpaired) electrons. The lowest BCUT2D eigenvalue weighted by molar-refractivity contribution is -0.132. The van der Waals surface area contributed by atoms with E-state index in [4.69, 9.17) is 0 Å². The van der Waals surface area contributed by atoms with Crippen LogP contribution >= 0.6 is 11.8 Å². The molecule has 0 saturated carbocycles. The second-order valence-electron chi connectivity index (χ2n) is 9.29. The number of benzene rings is 3. The average Bonchev–Trinajstić information content (AvgIpc) is 3.32. The average molecular weight is 514 g/mol. The van der Waals surface area contributed by atoms with Crippen LogP contribution in [0.3, 0.4) is 0 Å². The first-order valence-corrected chi connectivity index (χ1v) is 13.7. The van der Waals surface area contributed by atoms with Crippen LogP contribution in [0, 0.1) is 0 Å². The van der Waals surface area contributed by atoms with Gasteiger partial charge in [0.1, 0.15) is 5.82 Å². The second kappa shape index (κ2) is 13.8. The van der Waals surface area contributed by atoms with Gasteiger partial charge in [0.25, 0.3) is 0 Å². The fraction of sp³-hybridized carbons (Fsp3) is 0.300. The van der Waals surface area contributed by atoms with Gasteiger partial charge in [0.2, 0.25) is 5.91 Å². The number of carbonyl (C=O) groups is 1. The number of carbonyl (C=O) groups excluding carboxylic acids is 1. The third kappa shape index (κ3) is 8.03. The van der Waals surface area contributed by atoms with E-state index >= 15 is 0 Å². The lowest BCUT2D eigenvalue weighted by atomic mass is 10.1. The van der Waals surface area contributed by atoms with Gasteiger partial charge >= 0.3 is 0 Å². The Hall–Kier alpha value is -3.42. The predicted octanol–water partition coefficient (Wildman–Crippen LogP) is 5.32. The minimum Gasteiger partial charge on any atom is -0.337 e. The largest absolute Gasteiger partial charge is 0.337 e. The summed E-state index contributed by atoms with van der Waals surface area (Å²) in [5.74, 6) is 1.91. The van der Waals surface area contributed by atoms with Crippen molar-refractivity contribution in [2.75, 3.05) is 32.9 Å². The zero-order chi connectivity index (χ0) is 25.9. The monoisotopic (exact) mass is 513 g/mol. The van der Waals surface area contributed by atoms with E-state index in [1.807, 2.05) is 73.6 Å². The molecular formula is C30H35N5OS. The topological polar surface area (TPSA) is 54.3 Å². The van der Waals surface area contributed by atoms with Gasteiger partial charge in [-0.25, -0.2) is 0 Å². The maximum atomic E-state index is 13.1. The quantitative estimate of drug-likeness (QED) is 0.179. The molecule has 0 saturated heterocycles. The van der Waals surface area contributed by atoms with Crippen LogP contribution in [0.4, 0.5) is 0 Å². The zero-order valence-electron chi connectivity index (χ0n) is 21.7. The number of amides is 1.